The van der Waals surface area contributed by atoms with E-state index in [-0.39, 0.29) is 19.3 Å². The van der Waals surface area contributed by atoms with Crippen LogP contribution in [0.3, 0.4) is 0 Å². The van der Waals surface area contributed by atoms with Crippen molar-refractivity contribution in [3.8, 4) is 0 Å². The zero-order chi connectivity index (χ0) is 37.2. The van der Waals surface area contributed by atoms with Crippen molar-refractivity contribution in [2.24, 2.45) is 0 Å². The average molecular weight is 725 g/mol. The fourth-order valence-corrected chi connectivity index (χ4v) is 6.24. The number of allylic oxidation sites excluding steroid dienone is 3. The molecule has 0 aromatic rings. The van der Waals surface area contributed by atoms with E-state index in [0.717, 1.165) is 25.7 Å². The van der Waals surface area contributed by atoms with E-state index in [1.54, 1.807) is 13.2 Å². The zero-order valence-electron chi connectivity index (χ0n) is 32.9. The van der Waals surface area contributed by atoms with Gasteiger partial charge in [0, 0.05) is 20.3 Å². The van der Waals surface area contributed by atoms with Crippen LogP contribution in [0.15, 0.2) is 37.1 Å². The molecule has 298 valence electrons. The van der Waals surface area contributed by atoms with Gasteiger partial charge in [-0.1, -0.05) is 135 Å². The molecular formula is C42H76O9. The zero-order valence-corrected chi connectivity index (χ0v) is 32.9. The number of methoxy groups -OCH3 is 1. The molecule has 0 spiro atoms. The molecule has 1 aliphatic heterocycles. The predicted octanol–water partition coefficient (Wildman–Crippen LogP) is 10.5. The smallest absolute Gasteiger partial charge is 0.470 e. The van der Waals surface area contributed by atoms with Crippen molar-refractivity contribution in [2.45, 2.75) is 192 Å². The van der Waals surface area contributed by atoms with Gasteiger partial charge in [0.2, 0.25) is 6.29 Å². The summed E-state index contributed by atoms with van der Waals surface area (Å²) >= 11 is 0. The number of ether oxygens (including phenoxy) is 7. The van der Waals surface area contributed by atoms with Crippen molar-refractivity contribution in [1.82, 2.24) is 0 Å². The van der Waals surface area contributed by atoms with Crippen molar-refractivity contribution in [3.63, 3.8) is 0 Å². The van der Waals surface area contributed by atoms with Crippen LogP contribution in [0.1, 0.15) is 156 Å². The molecule has 9 nitrogen and oxygen atoms in total. The van der Waals surface area contributed by atoms with E-state index in [0.29, 0.717) is 19.6 Å². The Bertz CT molecular complexity index is 863. The van der Waals surface area contributed by atoms with Crippen LogP contribution < -0.4 is 0 Å². The van der Waals surface area contributed by atoms with E-state index >= 15 is 0 Å². The molecule has 0 saturated carbocycles. The van der Waals surface area contributed by atoms with Crippen molar-refractivity contribution in [2.75, 3.05) is 33.5 Å². The first-order valence-corrected chi connectivity index (χ1v) is 20.4. The van der Waals surface area contributed by atoms with Crippen molar-refractivity contribution in [1.29, 1.82) is 0 Å². The minimum Gasteiger partial charge on any atom is -0.470 e. The van der Waals surface area contributed by atoms with Gasteiger partial charge < -0.3 is 38.3 Å². The molecule has 6 atom stereocenters. The van der Waals surface area contributed by atoms with Crippen molar-refractivity contribution < 1.29 is 43.1 Å². The lowest BCUT2D eigenvalue weighted by Gasteiger charge is -2.43. The Morgan fingerprint density at radius 1 is 0.765 bits per heavy atom. The van der Waals surface area contributed by atoms with E-state index in [4.69, 9.17) is 33.2 Å². The molecule has 1 fully saturated rings. The van der Waals surface area contributed by atoms with E-state index in [1.807, 2.05) is 6.92 Å². The van der Waals surface area contributed by atoms with E-state index in [2.05, 4.69) is 32.6 Å². The fraction of sp³-hybridized carbons (Fsp3) is 0.833. The summed E-state index contributed by atoms with van der Waals surface area (Å²) < 4.78 is 40.6. The Kier molecular flexibility index (Phi) is 31.3. The van der Waals surface area contributed by atoms with Gasteiger partial charge in [0.15, 0.2) is 0 Å². The number of carbonyl (C=O) groups excluding carboxylic acids is 1. The van der Waals surface area contributed by atoms with E-state index in [1.165, 1.54) is 115 Å². The lowest BCUT2D eigenvalue weighted by atomic mass is 9.98. The highest BCUT2D eigenvalue weighted by Gasteiger charge is 2.48. The number of aliphatic hydroxyl groups is 1. The predicted molar refractivity (Wildman–Crippen MR) is 206 cm³/mol. The van der Waals surface area contributed by atoms with Gasteiger partial charge in [0.25, 0.3) is 0 Å². The highest BCUT2D eigenvalue weighted by atomic mass is 16.7. The maximum atomic E-state index is 12.0. The molecule has 0 aromatic heterocycles. The minimum atomic E-state index is -1.12. The Morgan fingerprint density at radius 3 is 1.98 bits per heavy atom. The van der Waals surface area contributed by atoms with Crippen LogP contribution in [0.4, 0.5) is 4.79 Å². The van der Waals surface area contributed by atoms with Gasteiger partial charge in [-0.25, -0.2) is 4.79 Å². The molecule has 0 aromatic carbocycles. The summed E-state index contributed by atoms with van der Waals surface area (Å²) in [6.45, 7) is 10.5. The molecule has 1 saturated heterocycles. The summed E-state index contributed by atoms with van der Waals surface area (Å²) in [5.74, 6) is 0. The monoisotopic (exact) mass is 725 g/mol. The summed E-state index contributed by atoms with van der Waals surface area (Å²) in [5, 5.41) is 11.4. The van der Waals surface area contributed by atoms with Crippen LogP contribution in [0.5, 0.6) is 0 Å². The number of unbranched alkanes of at least 4 members (excludes halogenated alkanes) is 16. The first-order chi connectivity index (χ1) is 25.0. The molecule has 0 amide bonds. The molecule has 0 aliphatic carbocycles. The highest BCUT2D eigenvalue weighted by molar-refractivity contribution is 5.59. The molecule has 1 unspecified atom stereocenters. The second-order valence-electron chi connectivity index (χ2n) is 13.8. The molecule has 1 aliphatic rings. The Balaban J connectivity index is 2.62. The third-order valence-corrected chi connectivity index (χ3v) is 9.33. The topological polar surface area (TPSA) is 102 Å². The van der Waals surface area contributed by atoms with Gasteiger partial charge in [-0.05, 0) is 51.9 Å². The summed E-state index contributed by atoms with van der Waals surface area (Å²) in [7, 11) is 1.74. The van der Waals surface area contributed by atoms with Crippen LogP contribution in [-0.2, 0) is 33.2 Å². The lowest BCUT2D eigenvalue weighted by molar-refractivity contribution is -0.305. The van der Waals surface area contributed by atoms with Gasteiger partial charge in [-0.15, -0.1) is 0 Å². The number of aliphatic hydroxyl groups excluding tert-OH is 1. The van der Waals surface area contributed by atoms with Crippen LogP contribution >= 0.6 is 0 Å². The maximum absolute atomic E-state index is 12.0. The second kappa shape index (κ2) is 33.9. The summed E-state index contributed by atoms with van der Waals surface area (Å²) in [6.07, 6.45) is 29.3. The standard InChI is InChI=1S/C42H76O9/c1-6-10-12-14-15-16-17-18-19-20-21-22-23-24-26-28-33-46-40-39(47-34-30-36(45-5)29-27-25-13-11-7-2)38(43)37(51-41(40)48-31-8-3)35-50-42(44)49-32-9-4/h8-9,16-17,31,36-41,43H,4,6-7,10-15,18-30,32-35H2,1-3,5H3/b17-16-,31-8+/t36-,37-,38-,39+,40-,41?/m1/s1. The summed E-state index contributed by atoms with van der Waals surface area (Å²) in [4.78, 5) is 12.0. The Labute approximate surface area is 311 Å². The van der Waals surface area contributed by atoms with Crippen LogP contribution in [-0.4, -0.2) is 81.6 Å². The number of rotatable bonds is 34. The van der Waals surface area contributed by atoms with Gasteiger partial charge in [0.05, 0.1) is 12.4 Å². The number of hydrogen-bond donors (Lipinski definition) is 1. The Morgan fingerprint density at radius 2 is 1.35 bits per heavy atom. The number of hydrogen-bond acceptors (Lipinski definition) is 9. The largest absolute Gasteiger partial charge is 0.508 e. The van der Waals surface area contributed by atoms with E-state index < -0.39 is 36.9 Å². The molecule has 1 N–H and O–H groups in total. The Hall–Kier alpha value is -1.91. The minimum absolute atomic E-state index is 0.0258. The summed E-state index contributed by atoms with van der Waals surface area (Å²) in [6, 6.07) is 0. The van der Waals surface area contributed by atoms with Crippen molar-refractivity contribution >= 4 is 6.16 Å². The average Bonchev–Trinajstić information content (AvgIpc) is 3.14. The first-order valence-electron chi connectivity index (χ1n) is 20.4. The molecular weight excluding hydrogens is 648 g/mol. The van der Waals surface area contributed by atoms with Crippen molar-refractivity contribution in [3.05, 3.63) is 37.1 Å². The van der Waals surface area contributed by atoms with Gasteiger partial charge in [-0.2, -0.15) is 0 Å². The molecule has 9 heteroatoms. The third-order valence-electron chi connectivity index (χ3n) is 9.33. The molecule has 51 heavy (non-hydrogen) atoms. The van der Waals surface area contributed by atoms with Crippen LogP contribution in [0, 0.1) is 0 Å². The highest BCUT2D eigenvalue weighted by Crippen LogP contribution is 2.28. The normalized spacial score (nSPS) is 21.3. The quantitative estimate of drug-likeness (QED) is 0.0301. The molecule has 1 rings (SSSR count). The second-order valence-corrected chi connectivity index (χ2v) is 13.8. The maximum Gasteiger partial charge on any atom is 0.508 e. The van der Waals surface area contributed by atoms with Crippen LogP contribution in [0.25, 0.3) is 0 Å². The van der Waals surface area contributed by atoms with Crippen LogP contribution in [0.2, 0.25) is 0 Å². The van der Waals surface area contributed by atoms with Gasteiger partial charge in [-0.3, -0.25) is 0 Å². The van der Waals surface area contributed by atoms with Gasteiger partial charge in [0.1, 0.15) is 37.6 Å². The lowest BCUT2D eigenvalue weighted by Crippen LogP contribution is -2.61. The number of carbonyl (C=O) groups is 1. The summed E-state index contributed by atoms with van der Waals surface area (Å²) in [5.41, 5.74) is 0. The first kappa shape index (κ1) is 47.1. The third kappa shape index (κ3) is 24.1. The molecule has 0 radical (unpaired) electrons. The van der Waals surface area contributed by atoms with Gasteiger partial charge >= 0.3 is 6.16 Å². The molecule has 0 bridgehead atoms. The molecule has 1 heterocycles. The van der Waals surface area contributed by atoms with E-state index in [9.17, 15) is 9.90 Å². The SMILES string of the molecule is C=CCOC(=O)OC[C@H]1OC(O/C=C/C)[C@H](OCCCCCCCCCC/C=C\CCCCCC)[C@@H](OCC[C@@H](CCCCCCC)OC)[C@@H]1O. The fourth-order valence-electron chi connectivity index (χ4n) is 6.24.